The molecule has 2 heteroatoms. The lowest BCUT2D eigenvalue weighted by Gasteiger charge is -2.02. The predicted octanol–water partition coefficient (Wildman–Crippen LogP) is 4.27. The maximum absolute atomic E-state index is 9.01. The fraction of sp³-hybridized carbons (Fsp3) is 1.00. The van der Waals surface area contributed by atoms with E-state index in [9.17, 15) is 0 Å². The Morgan fingerprint density at radius 3 is 1.85 bits per heavy atom. The van der Waals surface area contributed by atoms with Crippen molar-refractivity contribution in [1.82, 2.24) is 0 Å². The van der Waals surface area contributed by atoms with Crippen LogP contribution in [0.15, 0.2) is 0 Å². The van der Waals surface area contributed by atoms with Crippen molar-refractivity contribution in [3.05, 3.63) is 0 Å². The molecule has 0 spiro atoms. The summed E-state index contributed by atoms with van der Waals surface area (Å²) in [7, 11) is 0. The monoisotopic (exact) mass is 298 g/mol. The van der Waals surface area contributed by atoms with Gasteiger partial charge in [0, 0.05) is 0 Å². The molecule has 1 atom stereocenters. The molecular weight excluding hydrogens is 275 g/mol. The van der Waals surface area contributed by atoms with Crippen LogP contribution >= 0.6 is 22.6 Å². The minimum atomic E-state index is -0.127. The molecule has 13 heavy (non-hydrogen) atoms. The van der Waals surface area contributed by atoms with Gasteiger partial charge in [-0.1, -0.05) is 80.9 Å². The summed E-state index contributed by atoms with van der Waals surface area (Å²) < 4.78 is -0.127. The standard InChI is InChI=1S/C11H23IO/c1-2-3-4-5-6-7-8-9-10-11(12)13/h11,13H,2-10H2,1H3. The summed E-state index contributed by atoms with van der Waals surface area (Å²) in [4.78, 5) is 0. The Labute approximate surface area is 96.4 Å². The van der Waals surface area contributed by atoms with Gasteiger partial charge in [0.05, 0.1) is 0 Å². The molecule has 0 saturated carbocycles. The van der Waals surface area contributed by atoms with E-state index in [2.05, 4.69) is 29.5 Å². The van der Waals surface area contributed by atoms with Gasteiger partial charge in [-0.05, 0) is 6.42 Å². The van der Waals surface area contributed by atoms with Crippen LogP contribution in [0.5, 0.6) is 0 Å². The summed E-state index contributed by atoms with van der Waals surface area (Å²) in [6, 6.07) is 0. The Bertz CT molecular complexity index is 94.1. The highest BCUT2D eigenvalue weighted by Crippen LogP contribution is 2.12. The Balaban J connectivity index is 2.84. The van der Waals surface area contributed by atoms with Gasteiger partial charge in [0.15, 0.2) is 0 Å². The van der Waals surface area contributed by atoms with Gasteiger partial charge in [-0.25, -0.2) is 0 Å². The zero-order valence-corrected chi connectivity index (χ0v) is 10.9. The van der Waals surface area contributed by atoms with Crippen molar-refractivity contribution in [1.29, 1.82) is 0 Å². The second-order valence-electron chi connectivity index (χ2n) is 3.70. The lowest BCUT2D eigenvalue weighted by molar-refractivity contribution is 0.263. The van der Waals surface area contributed by atoms with E-state index >= 15 is 0 Å². The molecule has 0 aliphatic carbocycles. The van der Waals surface area contributed by atoms with E-state index in [-0.39, 0.29) is 4.11 Å². The molecule has 0 heterocycles. The van der Waals surface area contributed by atoms with Crippen molar-refractivity contribution in [3.63, 3.8) is 0 Å². The summed E-state index contributed by atoms with van der Waals surface area (Å²) in [6.45, 7) is 2.25. The van der Waals surface area contributed by atoms with Crippen LogP contribution < -0.4 is 0 Å². The highest BCUT2D eigenvalue weighted by molar-refractivity contribution is 14.1. The van der Waals surface area contributed by atoms with Crippen LogP contribution in [0.3, 0.4) is 0 Å². The first-order valence-electron chi connectivity index (χ1n) is 5.59. The molecule has 0 rings (SSSR count). The van der Waals surface area contributed by atoms with Crippen LogP contribution in [0.4, 0.5) is 0 Å². The Kier molecular flexibility index (Phi) is 11.3. The molecule has 0 aliphatic rings. The average Bonchev–Trinajstić information content (AvgIpc) is 2.09. The van der Waals surface area contributed by atoms with Gasteiger partial charge in [0.1, 0.15) is 4.11 Å². The predicted molar refractivity (Wildman–Crippen MR) is 67.3 cm³/mol. The molecule has 1 nitrogen and oxygen atoms in total. The lowest BCUT2D eigenvalue weighted by Crippen LogP contribution is -1.93. The van der Waals surface area contributed by atoms with Gasteiger partial charge >= 0.3 is 0 Å². The first kappa shape index (κ1) is 13.7. The minimum Gasteiger partial charge on any atom is -0.383 e. The molecule has 1 unspecified atom stereocenters. The van der Waals surface area contributed by atoms with Gasteiger partial charge in [-0.3, -0.25) is 0 Å². The summed E-state index contributed by atoms with van der Waals surface area (Å²) >= 11 is 2.08. The number of aliphatic hydroxyl groups excluding tert-OH is 1. The van der Waals surface area contributed by atoms with E-state index < -0.39 is 0 Å². The minimum absolute atomic E-state index is 0.127. The second kappa shape index (κ2) is 10.8. The molecule has 0 amide bonds. The molecule has 1 N–H and O–H groups in total. The van der Waals surface area contributed by atoms with E-state index in [1.807, 2.05) is 0 Å². The van der Waals surface area contributed by atoms with Crippen LogP contribution in [0, 0.1) is 0 Å². The van der Waals surface area contributed by atoms with Crippen LogP contribution in [0.1, 0.15) is 64.7 Å². The van der Waals surface area contributed by atoms with Gasteiger partial charge in [-0.15, -0.1) is 0 Å². The van der Waals surface area contributed by atoms with Gasteiger partial charge in [0.25, 0.3) is 0 Å². The SMILES string of the molecule is CCCCCCCCCCC(O)I. The van der Waals surface area contributed by atoms with E-state index in [4.69, 9.17) is 5.11 Å². The Morgan fingerprint density at radius 1 is 0.923 bits per heavy atom. The molecule has 0 saturated heterocycles. The molecule has 80 valence electrons. The number of hydrogen-bond donors (Lipinski definition) is 1. The van der Waals surface area contributed by atoms with Crippen molar-refractivity contribution >= 4 is 22.6 Å². The number of rotatable bonds is 9. The third-order valence-electron chi connectivity index (χ3n) is 2.30. The van der Waals surface area contributed by atoms with E-state index in [1.54, 1.807) is 0 Å². The van der Waals surface area contributed by atoms with Gasteiger partial charge in [-0.2, -0.15) is 0 Å². The summed E-state index contributed by atoms with van der Waals surface area (Å²) in [6.07, 6.45) is 11.7. The molecule has 0 aromatic rings. The first-order chi connectivity index (χ1) is 6.27. The molecule has 0 aromatic carbocycles. The normalized spacial score (nSPS) is 13.2. The molecule has 0 bridgehead atoms. The molecular formula is C11H23IO. The van der Waals surface area contributed by atoms with Crippen molar-refractivity contribution in [2.45, 2.75) is 68.8 Å². The van der Waals surface area contributed by atoms with Crippen molar-refractivity contribution in [2.75, 3.05) is 0 Å². The fourth-order valence-corrected chi connectivity index (χ4v) is 1.89. The van der Waals surface area contributed by atoms with E-state index in [0.29, 0.717) is 0 Å². The second-order valence-corrected chi connectivity index (χ2v) is 5.14. The number of alkyl halides is 1. The topological polar surface area (TPSA) is 20.2 Å². The van der Waals surface area contributed by atoms with Crippen molar-refractivity contribution in [2.24, 2.45) is 0 Å². The zero-order chi connectivity index (χ0) is 9.94. The molecule has 0 fully saturated rings. The molecule has 0 aliphatic heterocycles. The number of unbranched alkanes of at least 4 members (excludes halogenated alkanes) is 7. The van der Waals surface area contributed by atoms with Crippen molar-refractivity contribution in [3.8, 4) is 0 Å². The number of halogens is 1. The zero-order valence-electron chi connectivity index (χ0n) is 8.77. The fourth-order valence-electron chi connectivity index (χ4n) is 1.45. The number of hydrogen-bond acceptors (Lipinski definition) is 1. The van der Waals surface area contributed by atoms with E-state index in [1.165, 1.54) is 51.4 Å². The highest BCUT2D eigenvalue weighted by Gasteiger charge is 1.96. The summed E-state index contributed by atoms with van der Waals surface area (Å²) in [5.74, 6) is 0. The quantitative estimate of drug-likeness (QED) is 0.383. The van der Waals surface area contributed by atoms with Crippen LogP contribution in [-0.2, 0) is 0 Å². The smallest absolute Gasteiger partial charge is 0.105 e. The Hall–Kier alpha value is 0.690. The third kappa shape index (κ3) is 12.7. The number of aliphatic hydroxyl groups is 1. The van der Waals surface area contributed by atoms with Crippen LogP contribution in [-0.4, -0.2) is 9.22 Å². The lowest BCUT2D eigenvalue weighted by atomic mass is 10.1. The summed E-state index contributed by atoms with van der Waals surface area (Å²) in [5.41, 5.74) is 0. The first-order valence-corrected chi connectivity index (χ1v) is 6.84. The largest absolute Gasteiger partial charge is 0.383 e. The average molecular weight is 298 g/mol. The van der Waals surface area contributed by atoms with Crippen LogP contribution in [0.25, 0.3) is 0 Å². The van der Waals surface area contributed by atoms with Gasteiger partial charge < -0.3 is 5.11 Å². The summed E-state index contributed by atoms with van der Waals surface area (Å²) in [5, 5.41) is 9.01. The third-order valence-corrected chi connectivity index (χ3v) is 2.92. The van der Waals surface area contributed by atoms with Crippen LogP contribution in [0.2, 0.25) is 0 Å². The molecule has 0 radical (unpaired) electrons. The highest BCUT2D eigenvalue weighted by atomic mass is 127. The van der Waals surface area contributed by atoms with Crippen molar-refractivity contribution < 1.29 is 5.11 Å². The maximum atomic E-state index is 9.01. The van der Waals surface area contributed by atoms with Gasteiger partial charge in [0.2, 0.25) is 0 Å². The van der Waals surface area contributed by atoms with E-state index in [0.717, 1.165) is 6.42 Å². The molecule has 0 aromatic heterocycles. The maximum Gasteiger partial charge on any atom is 0.105 e. The Morgan fingerprint density at radius 2 is 1.38 bits per heavy atom.